The summed E-state index contributed by atoms with van der Waals surface area (Å²) in [5.74, 6) is 0.289. The van der Waals surface area contributed by atoms with Gasteiger partial charge in [0.15, 0.2) is 5.16 Å². The predicted octanol–water partition coefficient (Wildman–Crippen LogP) is 4.53. The number of nitrogens with zero attached hydrogens (tertiary/aromatic N) is 2. The molecule has 0 fully saturated rings. The van der Waals surface area contributed by atoms with Crippen molar-refractivity contribution in [3.8, 4) is 5.69 Å². The minimum atomic E-state index is -0.0267. The molecule has 0 aliphatic rings. The van der Waals surface area contributed by atoms with Gasteiger partial charge in [-0.3, -0.25) is 9.36 Å². The van der Waals surface area contributed by atoms with Gasteiger partial charge in [-0.1, -0.05) is 42.1 Å². The average molecular weight is 351 g/mol. The maximum Gasteiger partial charge on any atom is 0.234 e. The van der Waals surface area contributed by atoms with Crippen LogP contribution in [0.4, 0.5) is 5.69 Å². The highest BCUT2D eigenvalue weighted by molar-refractivity contribution is 7.99. The molecule has 0 unspecified atom stereocenters. The molecule has 25 heavy (non-hydrogen) atoms. The topological polar surface area (TPSA) is 46.9 Å². The van der Waals surface area contributed by atoms with Crippen LogP contribution in [0.1, 0.15) is 16.7 Å². The molecule has 128 valence electrons. The minimum Gasteiger partial charge on any atom is -0.325 e. The van der Waals surface area contributed by atoms with Crippen LogP contribution in [-0.2, 0) is 4.79 Å². The number of aryl methyl sites for hydroxylation is 3. The van der Waals surface area contributed by atoms with Crippen LogP contribution in [-0.4, -0.2) is 21.2 Å². The van der Waals surface area contributed by atoms with Crippen LogP contribution in [0, 0.1) is 20.8 Å². The predicted molar refractivity (Wildman–Crippen MR) is 104 cm³/mol. The Morgan fingerprint density at radius 1 is 1.12 bits per heavy atom. The molecule has 0 spiro atoms. The molecule has 3 rings (SSSR count). The number of carbonyl (C=O) groups is 1. The molecule has 0 bridgehead atoms. The van der Waals surface area contributed by atoms with Crippen molar-refractivity contribution in [2.24, 2.45) is 0 Å². The van der Waals surface area contributed by atoms with Crippen molar-refractivity contribution < 1.29 is 4.79 Å². The van der Waals surface area contributed by atoms with Crippen LogP contribution in [0.15, 0.2) is 60.0 Å². The molecular weight excluding hydrogens is 330 g/mol. The summed E-state index contributed by atoms with van der Waals surface area (Å²) in [4.78, 5) is 16.7. The quantitative estimate of drug-likeness (QED) is 0.687. The Balaban J connectivity index is 1.69. The van der Waals surface area contributed by atoms with Crippen LogP contribution in [0.5, 0.6) is 0 Å². The van der Waals surface area contributed by atoms with E-state index in [1.54, 1.807) is 6.20 Å². The van der Waals surface area contributed by atoms with E-state index in [0.29, 0.717) is 5.75 Å². The molecule has 0 atom stereocenters. The normalized spacial score (nSPS) is 10.7. The van der Waals surface area contributed by atoms with Crippen LogP contribution >= 0.6 is 11.8 Å². The standard InChI is InChI=1S/C20H21N3OS/c1-14-6-4-9-17(12-14)23-11-10-21-20(23)25-13-18(24)22-19-15(2)7-5-8-16(19)3/h4-12H,13H2,1-3H3,(H,22,24). The number of nitrogens with one attached hydrogen (secondary N) is 1. The maximum absolute atomic E-state index is 12.3. The van der Waals surface area contributed by atoms with E-state index in [4.69, 9.17) is 0 Å². The number of thioether (sulfide) groups is 1. The number of aromatic nitrogens is 2. The molecule has 1 amide bonds. The Labute approximate surface area is 152 Å². The highest BCUT2D eigenvalue weighted by Crippen LogP contribution is 2.23. The van der Waals surface area contributed by atoms with Gasteiger partial charge in [-0.05, 0) is 49.6 Å². The third kappa shape index (κ3) is 4.12. The summed E-state index contributed by atoms with van der Waals surface area (Å²) in [7, 11) is 0. The average Bonchev–Trinajstić information content (AvgIpc) is 3.05. The van der Waals surface area contributed by atoms with E-state index in [2.05, 4.69) is 29.4 Å². The monoisotopic (exact) mass is 351 g/mol. The summed E-state index contributed by atoms with van der Waals surface area (Å²) in [6, 6.07) is 14.2. The second kappa shape index (κ2) is 7.57. The van der Waals surface area contributed by atoms with Gasteiger partial charge in [0.2, 0.25) is 5.91 Å². The SMILES string of the molecule is Cc1cccc(-n2ccnc2SCC(=O)Nc2c(C)cccc2C)c1. The van der Waals surface area contributed by atoms with E-state index in [1.807, 2.05) is 54.9 Å². The third-order valence-electron chi connectivity index (χ3n) is 3.96. The van der Waals surface area contributed by atoms with E-state index < -0.39 is 0 Å². The molecule has 1 aromatic heterocycles. The Morgan fingerprint density at radius 2 is 1.84 bits per heavy atom. The third-order valence-corrected chi connectivity index (χ3v) is 4.93. The summed E-state index contributed by atoms with van der Waals surface area (Å²) in [6.07, 6.45) is 3.68. The molecule has 2 aromatic carbocycles. The molecule has 5 heteroatoms. The number of imidazole rings is 1. The summed E-state index contributed by atoms with van der Waals surface area (Å²) in [5.41, 5.74) is 5.28. The van der Waals surface area contributed by atoms with Crippen molar-refractivity contribution in [3.63, 3.8) is 0 Å². The van der Waals surface area contributed by atoms with Crippen molar-refractivity contribution in [1.82, 2.24) is 9.55 Å². The summed E-state index contributed by atoms with van der Waals surface area (Å²) >= 11 is 1.43. The first-order valence-corrected chi connectivity index (χ1v) is 9.12. The minimum absolute atomic E-state index is 0.0267. The van der Waals surface area contributed by atoms with Crippen molar-refractivity contribution in [1.29, 1.82) is 0 Å². The van der Waals surface area contributed by atoms with Gasteiger partial charge < -0.3 is 5.32 Å². The molecule has 0 saturated carbocycles. The Hall–Kier alpha value is -2.53. The first-order chi connectivity index (χ1) is 12.0. The number of carbonyl (C=O) groups excluding carboxylic acids is 1. The van der Waals surface area contributed by atoms with E-state index in [0.717, 1.165) is 27.7 Å². The fourth-order valence-corrected chi connectivity index (χ4v) is 3.46. The molecule has 0 aliphatic carbocycles. The number of rotatable bonds is 5. The molecule has 0 saturated heterocycles. The lowest BCUT2D eigenvalue weighted by Gasteiger charge is -2.12. The Morgan fingerprint density at radius 3 is 2.56 bits per heavy atom. The zero-order valence-corrected chi connectivity index (χ0v) is 15.4. The largest absolute Gasteiger partial charge is 0.325 e. The Bertz CT molecular complexity index is 881. The molecule has 0 aliphatic heterocycles. The number of amides is 1. The van der Waals surface area contributed by atoms with Gasteiger partial charge in [-0.2, -0.15) is 0 Å². The highest BCUT2D eigenvalue weighted by Gasteiger charge is 2.11. The van der Waals surface area contributed by atoms with E-state index >= 15 is 0 Å². The molecule has 4 nitrogen and oxygen atoms in total. The zero-order chi connectivity index (χ0) is 17.8. The van der Waals surface area contributed by atoms with E-state index in [9.17, 15) is 4.79 Å². The van der Waals surface area contributed by atoms with Gasteiger partial charge in [0, 0.05) is 23.8 Å². The lowest BCUT2D eigenvalue weighted by Crippen LogP contribution is -2.16. The van der Waals surface area contributed by atoms with Gasteiger partial charge >= 0.3 is 0 Å². The van der Waals surface area contributed by atoms with Crippen LogP contribution < -0.4 is 5.32 Å². The lowest BCUT2D eigenvalue weighted by atomic mass is 10.1. The van der Waals surface area contributed by atoms with Gasteiger partial charge in [0.05, 0.1) is 5.75 Å². The number of hydrogen-bond acceptors (Lipinski definition) is 3. The van der Waals surface area contributed by atoms with Crippen LogP contribution in [0.25, 0.3) is 5.69 Å². The molecule has 1 heterocycles. The highest BCUT2D eigenvalue weighted by atomic mass is 32.2. The first kappa shape index (κ1) is 17.3. The van der Waals surface area contributed by atoms with Gasteiger partial charge in [-0.15, -0.1) is 0 Å². The molecule has 0 radical (unpaired) electrons. The maximum atomic E-state index is 12.3. The summed E-state index contributed by atoms with van der Waals surface area (Å²) < 4.78 is 2.00. The summed E-state index contributed by atoms with van der Waals surface area (Å²) in [5, 5.41) is 3.82. The molecule has 1 N–H and O–H groups in total. The summed E-state index contributed by atoms with van der Waals surface area (Å²) in [6.45, 7) is 6.06. The van der Waals surface area contributed by atoms with Crippen molar-refractivity contribution in [3.05, 3.63) is 71.5 Å². The van der Waals surface area contributed by atoms with Gasteiger partial charge in [0.1, 0.15) is 0 Å². The Kier molecular flexibility index (Phi) is 5.24. The number of hydrogen-bond donors (Lipinski definition) is 1. The van der Waals surface area contributed by atoms with Crippen molar-refractivity contribution >= 4 is 23.4 Å². The second-order valence-corrected chi connectivity index (χ2v) is 6.96. The van der Waals surface area contributed by atoms with Crippen molar-refractivity contribution in [2.45, 2.75) is 25.9 Å². The van der Waals surface area contributed by atoms with E-state index in [-0.39, 0.29) is 5.91 Å². The van der Waals surface area contributed by atoms with Crippen molar-refractivity contribution in [2.75, 3.05) is 11.1 Å². The smallest absolute Gasteiger partial charge is 0.234 e. The second-order valence-electron chi connectivity index (χ2n) is 6.02. The van der Waals surface area contributed by atoms with Crippen LogP contribution in [0.3, 0.4) is 0 Å². The number of anilines is 1. The lowest BCUT2D eigenvalue weighted by molar-refractivity contribution is -0.113. The fourth-order valence-electron chi connectivity index (χ4n) is 2.69. The van der Waals surface area contributed by atoms with Gasteiger partial charge in [0.25, 0.3) is 0 Å². The zero-order valence-electron chi connectivity index (χ0n) is 14.6. The fraction of sp³-hybridized carbons (Fsp3) is 0.200. The van der Waals surface area contributed by atoms with Crippen LogP contribution in [0.2, 0.25) is 0 Å². The number of para-hydroxylation sites is 1. The molecule has 3 aromatic rings. The van der Waals surface area contributed by atoms with Gasteiger partial charge in [-0.25, -0.2) is 4.98 Å². The van der Waals surface area contributed by atoms with E-state index in [1.165, 1.54) is 17.3 Å². The molecular formula is C20H21N3OS. The number of benzene rings is 2. The first-order valence-electron chi connectivity index (χ1n) is 8.14.